The second kappa shape index (κ2) is 3.44. The van der Waals surface area contributed by atoms with Gasteiger partial charge in [-0.3, -0.25) is 0 Å². The van der Waals surface area contributed by atoms with E-state index in [4.69, 9.17) is 5.11 Å². The number of hydrogen-bond acceptors (Lipinski definition) is 2. The highest BCUT2D eigenvalue weighted by Gasteiger charge is 2.20. The van der Waals surface area contributed by atoms with Crippen molar-refractivity contribution in [3.05, 3.63) is 23.8 Å². The molecule has 0 amide bonds. The summed E-state index contributed by atoms with van der Waals surface area (Å²) in [5, 5.41) is 8.96. The maximum Gasteiger partial charge on any atom is 0.153 e. The first-order valence-electron chi connectivity index (χ1n) is 4.61. The Morgan fingerprint density at radius 3 is 2.07 bits per heavy atom. The molecule has 1 aliphatic heterocycles. The number of aromatic hydroxyl groups is 1. The van der Waals surface area contributed by atoms with Crippen molar-refractivity contribution in [1.82, 2.24) is 0 Å². The van der Waals surface area contributed by atoms with Crippen molar-refractivity contribution in [3.63, 3.8) is 0 Å². The van der Waals surface area contributed by atoms with Gasteiger partial charge < -0.3 is 10.0 Å². The first-order chi connectivity index (χ1) is 6.68. The molecule has 0 aromatic heterocycles. The highest BCUT2D eigenvalue weighted by molar-refractivity contribution is 5.52. The molecule has 0 atom stereocenters. The van der Waals surface area contributed by atoms with E-state index in [0.29, 0.717) is 13.1 Å². The molecule has 1 aromatic rings. The van der Waals surface area contributed by atoms with Crippen molar-refractivity contribution < 1.29 is 13.9 Å². The van der Waals surface area contributed by atoms with Crippen molar-refractivity contribution >= 4 is 5.69 Å². The number of nitrogens with zero attached hydrogens (tertiary/aromatic N) is 1. The molecule has 0 saturated carbocycles. The van der Waals surface area contributed by atoms with Crippen LogP contribution in [-0.2, 0) is 0 Å². The van der Waals surface area contributed by atoms with Crippen LogP contribution in [-0.4, -0.2) is 18.2 Å². The van der Waals surface area contributed by atoms with Gasteiger partial charge in [0.1, 0.15) is 11.4 Å². The molecular formula is C10H11F2NO. The van der Waals surface area contributed by atoms with Gasteiger partial charge in [0.05, 0.1) is 0 Å². The maximum absolute atomic E-state index is 13.3. The summed E-state index contributed by atoms with van der Waals surface area (Å²) < 4.78 is 26.6. The van der Waals surface area contributed by atoms with Crippen molar-refractivity contribution in [1.29, 1.82) is 0 Å². The summed E-state index contributed by atoms with van der Waals surface area (Å²) in [5.41, 5.74) is -0.0136. The van der Waals surface area contributed by atoms with E-state index in [1.54, 1.807) is 4.90 Å². The molecule has 0 radical (unpaired) electrons. The van der Waals surface area contributed by atoms with Crippen LogP contribution in [0.4, 0.5) is 14.5 Å². The molecule has 14 heavy (non-hydrogen) atoms. The van der Waals surface area contributed by atoms with Gasteiger partial charge in [0.2, 0.25) is 0 Å². The summed E-state index contributed by atoms with van der Waals surface area (Å²) in [6, 6.07) is 1.88. The van der Waals surface area contributed by atoms with Crippen LogP contribution in [0, 0.1) is 11.6 Å². The Bertz CT molecular complexity index is 325. The van der Waals surface area contributed by atoms with Gasteiger partial charge in [0.25, 0.3) is 0 Å². The van der Waals surface area contributed by atoms with E-state index in [9.17, 15) is 8.78 Å². The van der Waals surface area contributed by atoms with Gasteiger partial charge in [-0.05, 0) is 12.8 Å². The van der Waals surface area contributed by atoms with E-state index >= 15 is 0 Å². The standard InChI is InChI=1S/C10H11F2NO/c11-8-5-7(14)6-9(12)10(8)13-3-1-2-4-13/h5-6,14H,1-4H2. The zero-order chi connectivity index (χ0) is 10.1. The Kier molecular flexibility index (Phi) is 2.27. The zero-order valence-corrected chi connectivity index (χ0v) is 7.63. The van der Waals surface area contributed by atoms with E-state index in [1.807, 2.05) is 0 Å². The molecule has 0 spiro atoms. The number of benzene rings is 1. The highest BCUT2D eigenvalue weighted by Crippen LogP contribution is 2.29. The first kappa shape index (κ1) is 9.24. The van der Waals surface area contributed by atoms with E-state index < -0.39 is 11.6 Å². The fraction of sp³-hybridized carbons (Fsp3) is 0.400. The first-order valence-corrected chi connectivity index (χ1v) is 4.61. The molecule has 0 unspecified atom stereocenters. The quantitative estimate of drug-likeness (QED) is 0.750. The lowest BCUT2D eigenvalue weighted by molar-refractivity contribution is 0.460. The van der Waals surface area contributed by atoms with Crippen molar-refractivity contribution in [3.8, 4) is 5.75 Å². The predicted octanol–water partition coefficient (Wildman–Crippen LogP) is 2.27. The molecule has 2 rings (SSSR count). The van der Waals surface area contributed by atoms with Crippen LogP contribution >= 0.6 is 0 Å². The van der Waals surface area contributed by atoms with Crippen molar-refractivity contribution in [2.24, 2.45) is 0 Å². The van der Waals surface area contributed by atoms with Gasteiger partial charge in [-0.25, -0.2) is 8.78 Å². The van der Waals surface area contributed by atoms with Gasteiger partial charge in [-0.1, -0.05) is 0 Å². The normalized spacial score (nSPS) is 16.3. The second-order valence-electron chi connectivity index (χ2n) is 3.45. The topological polar surface area (TPSA) is 23.5 Å². The van der Waals surface area contributed by atoms with Crippen LogP contribution in [0.15, 0.2) is 12.1 Å². The minimum Gasteiger partial charge on any atom is -0.508 e. The van der Waals surface area contributed by atoms with Crippen LogP contribution < -0.4 is 4.90 Å². The van der Waals surface area contributed by atoms with Crippen LogP contribution in [0.1, 0.15) is 12.8 Å². The number of rotatable bonds is 1. The van der Waals surface area contributed by atoms with E-state index in [-0.39, 0.29) is 11.4 Å². The zero-order valence-electron chi connectivity index (χ0n) is 7.63. The molecule has 1 fully saturated rings. The highest BCUT2D eigenvalue weighted by atomic mass is 19.1. The van der Waals surface area contributed by atoms with Gasteiger partial charge in [-0.15, -0.1) is 0 Å². The third kappa shape index (κ3) is 1.52. The molecule has 1 aliphatic rings. The summed E-state index contributed by atoms with van der Waals surface area (Å²) in [6.07, 6.45) is 1.92. The molecule has 1 heterocycles. The van der Waals surface area contributed by atoms with Gasteiger partial charge in [-0.2, -0.15) is 0 Å². The third-order valence-electron chi connectivity index (χ3n) is 2.42. The number of phenols is 1. The van der Waals surface area contributed by atoms with Gasteiger partial charge >= 0.3 is 0 Å². The molecular weight excluding hydrogens is 188 g/mol. The fourth-order valence-corrected chi connectivity index (χ4v) is 1.79. The predicted molar refractivity (Wildman–Crippen MR) is 49.5 cm³/mol. The van der Waals surface area contributed by atoms with E-state index in [1.165, 1.54) is 0 Å². The Labute approximate surface area is 80.8 Å². The average Bonchev–Trinajstić information content (AvgIpc) is 2.54. The lowest BCUT2D eigenvalue weighted by Gasteiger charge is -2.18. The van der Waals surface area contributed by atoms with Crippen LogP contribution in [0.3, 0.4) is 0 Å². The minimum absolute atomic E-state index is 0.0136. The number of phenolic OH excluding ortho intramolecular Hbond substituents is 1. The van der Waals surface area contributed by atoms with Crippen LogP contribution in [0.25, 0.3) is 0 Å². The molecule has 76 valence electrons. The molecule has 4 heteroatoms. The summed E-state index contributed by atoms with van der Waals surface area (Å²) in [4.78, 5) is 1.67. The van der Waals surface area contributed by atoms with E-state index in [2.05, 4.69) is 0 Å². The lowest BCUT2D eigenvalue weighted by Crippen LogP contribution is -2.20. The maximum atomic E-state index is 13.3. The summed E-state index contributed by atoms with van der Waals surface area (Å²) in [7, 11) is 0. The SMILES string of the molecule is Oc1cc(F)c(N2CCCC2)c(F)c1. The second-order valence-corrected chi connectivity index (χ2v) is 3.45. The number of hydrogen-bond donors (Lipinski definition) is 1. The minimum atomic E-state index is -0.690. The molecule has 1 N–H and O–H groups in total. The smallest absolute Gasteiger partial charge is 0.153 e. The number of anilines is 1. The third-order valence-corrected chi connectivity index (χ3v) is 2.42. The van der Waals surface area contributed by atoms with Gasteiger partial charge in [0.15, 0.2) is 11.6 Å². The van der Waals surface area contributed by atoms with Crippen LogP contribution in [0.2, 0.25) is 0 Å². The molecule has 1 aromatic carbocycles. The Morgan fingerprint density at radius 1 is 1.07 bits per heavy atom. The summed E-state index contributed by atoms with van der Waals surface area (Å²) in [6.45, 7) is 1.36. The Morgan fingerprint density at radius 2 is 1.57 bits per heavy atom. The summed E-state index contributed by atoms with van der Waals surface area (Å²) in [5.74, 6) is -1.75. The lowest BCUT2D eigenvalue weighted by atomic mass is 10.2. The average molecular weight is 199 g/mol. The monoisotopic (exact) mass is 199 g/mol. The van der Waals surface area contributed by atoms with Gasteiger partial charge in [0, 0.05) is 25.2 Å². The fourth-order valence-electron chi connectivity index (χ4n) is 1.79. The van der Waals surface area contributed by atoms with Crippen molar-refractivity contribution in [2.45, 2.75) is 12.8 Å². The van der Waals surface area contributed by atoms with Crippen molar-refractivity contribution in [2.75, 3.05) is 18.0 Å². The molecule has 1 saturated heterocycles. The molecule has 2 nitrogen and oxygen atoms in total. The van der Waals surface area contributed by atoms with Crippen LogP contribution in [0.5, 0.6) is 5.75 Å². The van der Waals surface area contributed by atoms with E-state index in [0.717, 1.165) is 25.0 Å². The largest absolute Gasteiger partial charge is 0.508 e. The summed E-state index contributed by atoms with van der Waals surface area (Å²) >= 11 is 0. The Balaban J connectivity index is 2.40. The molecule has 0 bridgehead atoms. The Hall–Kier alpha value is -1.32. The molecule has 0 aliphatic carbocycles. The number of halogens is 2.